The third kappa shape index (κ3) is 6.76. The van der Waals surface area contributed by atoms with Crippen LogP contribution in [0.25, 0.3) is 10.8 Å². The molecular formula is C29H35N3O4S. The van der Waals surface area contributed by atoms with Crippen LogP contribution < -0.4 is 15.4 Å². The quantitative estimate of drug-likeness (QED) is 0.397. The maximum atomic E-state index is 13.5. The molecule has 1 aliphatic carbocycles. The van der Waals surface area contributed by atoms with Crippen molar-refractivity contribution in [1.29, 1.82) is 0 Å². The predicted octanol–water partition coefficient (Wildman–Crippen LogP) is 4.77. The van der Waals surface area contributed by atoms with Crippen molar-refractivity contribution in [2.75, 3.05) is 5.32 Å². The van der Waals surface area contributed by atoms with E-state index < -0.39 is 21.6 Å². The second-order valence-corrected chi connectivity index (χ2v) is 12.4. The van der Waals surface area contributed by atoms with Crippen molar-refractivity contribution < 1.29 is 18.0 Å². The van der Waals surface area contributed by atoms with Crippen molar-refractivity contribution >= 4 is 38.3 Å². The van der Waals surface area contributed by atoms with Crippen LogP contribution in [0.3, 0.4) is 0 Å². The molecule has 0 spiro atoms. The van der Waals surface area contributed by atoms with Crippen LogP contribution in [0, 0.1) is 5.92 Å². The Morgan fingerprint density at radius 1 is 0.892 bits per heavy atom. The van der Waals surface area contributed by atoms with E-state index in [1.807, 2.05) is 30.3 Å². The van der Waals surface area contributed by atoms with Gasteiger partial charge in [0.15, 0.2) is 0 Å². The van der Waals surface area contributed by atoms with E-state index in [-0.39, 0.29) is 22.6 Å². The van der Waals surface area contributed by atoms with Crippen molar-refractivity contribution in [2.24, 2.45) is 5.92 Å². The maximum absolute atomic E-state index is 13.5. The van der Waals surface area contributed by atoms with Gasteiger partial charge in [-0.1, -0.05) is 67.4 Å². The van der Waals surface area contributed by atoms with E-state index in [1.54, 1.807) is 57.2 Å². The van der Waals surface area contributed by atoms with Crippen LogP contribution in [0.5, 0.6) is 0 Å². The van der Waals surface area contributed by atoms with Gasteiger partial charge in [-0.25, -0.2) is 13.1 Å². The third-order valence-corrected chi connectivity index (χ3v) is 8.33. The molecule has 0 aliphatic heterocycles. The molecule has 3 aromatic rings. The molecule has 4 rings (SSSR count). The summed E-state index contributed by atoms with van der Waals surface area (Å²) in [6.07, 6.45) is 4.09. The number of amides is 2. The van der Waals surface area contributed by atoms with Crippen LogP contribution in [0.15, 0.2) is 71.6 Å². The number of carbonyl (C=O) groups is 2. The Hall–Kier alpha value is -3.23. The van der Waals surface area contributed by atoms with E-state index in [9.17, 15) is 18.0 Å². The maximum Gasteiger partial charge on any atom is 0.247 e. The Bertz CT molecular complexity index is 1380. The molecule has 37 heavy (non-hydrogen) atoms. The van der Waals surface area contributed by atoms with Gasteiger partial charge >= 0.3 is 0 Å². The molecule has 1 unspecified atom stereocenters. The SMILES string of the molecule is CC(C)(C)NS(=O)(=O)c1cccc2c(NC(=O)C(Cc3ccccc3)NC(=O)C3CCCC3)cccc12. The standard InChI is InChI=1S/C29H35N3O4S/c1-29(2,3)32-37(35,36)26-18-10-15-22-23(26)16-9-17-24(22)30-28(34)25(19-20-11-5-4-6-12-20)31-27(33)21-13-7-8-14-21/h4-6,9-12,15-18,21,25,32H,7-8,13-14,19H2,1-3H3,(H,30,34)(H,31,33). The first kappa shape index (κ1) is 26.8. The van der Waals surface area contributed by atoms with E-state index in [0.717, 1.165) is 31.2 Å². The van der Waals surface area contributed by atoms with Gasteiger partial charge in [-0.3, -0.25) is 9.59 Å². The van der Waals surface area contributed by atoms with Crippen LogP contribution in [0.4, 0.5) is 5.69 Å². The molecular weight excluding hydrogens is 486 g/mol. The highest BCUT2D eigenvalue weighted by atomic mass is 32.2. The van der Waals surface area contributed by atoms with Gasteiger partial charge in [0.05, 0.1) is 4.90 Å². The van der Waals surface area contributed by atoms with Crippen LogP contribution in [-0.2, 0) is 26.0 Å². The third-order valence-electron chi connectivity index (χ3n) is 6.51. The van der Waals surface area contributed by atoms with Crippen LogP contribution >= 0.6 is 0 Å². The van der Waals surface area contributed by atoms with Gasteiger partial charge < -0.3 is 10.6 Å². The lowest BCUT2D eigenvalue weighted by Crippen LogP contribution is -2.47. The molecule has 1 fully saturated rings. The van der Waals surface area contributed by atoms with Crippen LogP contribution in [-0.4, -0.2) is 31.8 Å². The van der Waals surface area contributed by atoms with E-state index in [4.69, 9.17) is 0 Å². The summed E-state index contributed by atoms with van der Waals surface area (Å²) in [5, 5.41) is 7.05. The monoisotopic (exact) mass is 521 g/mol. The van der Waals surface area contributed by atoms with Crippen molar-refractivity contribution in [3.63, 3.8) is 0 Å². The van der Waals surface area contributed by atoms with E-state index >= 15 is 0 Å². The number of anilines is 1. The van der Waals surface area contributed by atoms with Gasteiger partial charge in [-0.15, -0.1) is 0 Å². The second kappa shape index (κ2) is 11.0. The Labute approximate surface area is 219 Å². The van der Waals surface area contributed by atoms with Crippen LogP contribution in [0.1, 0.15) is 52.0 Å². The molecule has 8 heteroatoms. The molecule has 0 bridgehead atoms. The molecule has 1 atom stereocenters. The van der Waals surface area contributed by atoms with Crippen LogP contribution in [0.2, 0.25) is 0 Å². The lowest BCUT2D eigenvalue weighted by Gasteiger charge is -2.22. The van der Waals surface area contributed by atoms with Gasteiger partial charge in [-0.2, -0.15) is 0 Å². The zero-order chi connectivity index (χ0) is 26.6. The molecule has 0 heterocycles. The minimum Gasteiger partial charge on any atom is -0.344 e. The molecule has 0 saturated heterocycles. The van der Waals surface area contributed by atoms with E-state index in [1.165, 1.54) is 0 Å². The number of sulfonamides is 1. The number of hydrogen-bond donors (Lipinski definition) is 3. The summed E-state index contributed by atoms with van der Waals surface area (Å²) < 4.78 is 28.9. The summed E-state index contributed by atoms with van der Waals surface area (Å²) >= 11 is 0. The normalized spacial score (nSPS) is 15.4. The van der Waals surface area contributed by atoms with Crippen molar-refractivity contribution in [3.8, 4) is 0 Å². The molecule has 196 valence electrons. The van der Waals surface area contributed by atoms with Crippen molar-refractivity contribution in [3.05, 3.63) is 72.3 Å². The van der Waals surface area contributed by atoms with Gasteiger partial charge in [-0.05, 0) is 51.3 Å². The molecule has 1 saturated carbocycles. The lowest BCUT2D eigenvalue weighted by atomic mass is 10.0. The highest BCUT2D eigenvalue weighted by Gasteiger charge is 2.29. The van der Waals surface area contributed by atoms with Crippen molar-refractivity contribution in [2.45, 2.75) is 69.4 Å². The molecule has 2 amide bonds. The Kier molecular flexibility index (Phi) is 7.99. The fraction of sp³-hybridized carbons (Fsp3) is 0.379. The lowest BCUT2D eigenvalue weighted by molar-refractivity contribution is -0.129. The summed E-state index contributed by atoms with van der Waals surface area (Å²) in [7, 11) is -3.79. The summed E-state index contributed by atoms with van der Waals surface area (Å²) in [4.78, 5) is 26.6. The predicted molar refractivity (Wildman–Crippen MR) is 147 cm³/mol. The number of carbonyl (C=O) groups excluding carboxylic acids is 2. The zero-order valence-electron chi connectivity index (χ0n) is 21.6. The number of fused-ring (bicyclic) bond motifs is 1. The Morgan fingerprint density at radius 3 is 2.22 bits per heavy atom. The minimum atomic E-state index is -3.79. The molecule has 1 aliphatic rings. The molecule has 0 aromatic heterocycles. The first-order chi connectivity index (χ1) is 17.5. The molecule has 7 nitrogen and oxygen atoms in total. The van der Waals surface area contributed by atoms with E-state index in [2.05, 4.69) is 15.4 Å². The Balaban J connectivity index is 1.63. The summed E-state index contributed by atoms with van der Waals surface area (Å²) in [5.41, 5.74) is 0.784. The summed E-state index contributed by atoms with van der Waals surface area (Å²) in [5.74, 6) is -0.497. The first-order valence-corrected chi connectivity index (χ1v) is 14.2. The smallest absolute Gasteiger partial charge is 0.247 e. The fourth-order valence-corrected chi connectivity index (χ4v) is 6.48. The topological polar surface area (TPSA) is 104 Å². The number of rotatable bonds is 8. The largest absolute Gasteiger partial charge is 0.344 e. The number of hydrogen-bond acceptors (Lipinski definition) is 4. The van der Waals surface area contributed by atoms with E-state index in [0.29, 0.717) is 22.9 Å². The number of benzene rings is 3. The molecule has 3 N–H and O–H groups in total. The second-order valence-electron chi connectivity index (χ2n) is 10.7. The Morgan fingerprint density at radius 2 is 1.54 bits per heavy atom. The highest BCUT2D eigenvalue weighted by molar-refractivity contribution is 7.89. The minimum absolute atomic E-state index is 0.0632. The summed E-state index contributed by atoms with van der Waals surface area (Å²) in [6.45, 7) is 5.36. The number of nitrogens with one attached hydrogen (secondary N) is 3. The first-order valence-electron chi connectivity index (χ1n) is 12.7. The fourth-order valence-electron chi connectivity index (χ4n) is 4.84. The van der Waals surface area contributed by atoms with Gasteiger partial charge in [0.1, 0.15) is 6.04 Å². The average molecular weight is 522 g/mol. The van der Waals surface area contributed by atoms with Gasteiger partial charge in [0.2, 0.25) is 21.8 Å². The van der Waals surface area contributed by atoms with Crippen molar-refractivity contribution in [1.82, 2.24) is 10.0 Å². The molecule has 3 aromatic carbocycles. The highest BCUT2D eigenvalue weighted by Crippen LogP contribution is 2.30. The van der Waals surface area contributed by atoms with Gasteiger partial charge in [0.25, 0.3) is 0 Å². The average Bonchev–Trinajstić information content (AvgIpc) is 3.38. The zero-order valence-corrected chi connectivity index (χ0v) is 22.4. The summed E-state index contributed by atoms with van der Waals surface area (Å²) in [6, 6.07) is 19.0. The molecule has 0 radical (unpaired) electrons. The van der Waals surface area contributed by atoms with Gasteiger partial charge in [0, 0.05) is 34.3 Å².